The van der Waals surface area contributed by atoms with Crippen LogP contribution < -0.4 is 10.1 Å². The number of halogens is 1. The third-order valence-electron chi connectivity index (χ3n) is 2.68. The molecule has 0 saturated heterocycles. The molecule has 1 N–H and O–H groups in total. The van der Waals surface area contributed by atoms with Crippen LogP contribution in [0, 0.1) is 10.1 Å². The molecule has 0 radical (unpaired) electrons. The molecule has 104 valence electrons. The lowest BCUT2D eigenvalue weighted by Gasteiger charge is -2.10. The molecule has 0 aliphatic rings. The van der Waals surface area contributed by atoms with E-state index in [9.17, 15) is 10.1 Å². The van der Waals surface area contributed by atoms with Gasteiger partial charge in [-0.2, -0.15) is 0 Å². The molecule has 0 aliphatic heterocycles. The van der Waals surface area contributed by atoms with Gasteiger partial charge < -0.3 is 10.1 Å². The van der Waals surface area contributed by atoms with Crippen molar-refractivity contribution < 1.29 is 9.66 Å². The molecule has 1 aromatic carbocycles. The Morgan fingerprint density at radius 1 is 1.40 bits per heavy atom. The average molecular weight is 294 g/mol. The molecular formula is C13H12ClN3O3. The largest absolute Gasteiger partial charge is 0.496 e. The summed E-state index contributed by atoms with van der Waals surface area (Å²) in [4.78, 5) is 14.2. The van der Waals surface area contributed by atoms with Crippen LogP contribution in [0.15, 0.2) is 36.5 Å². The quantitative estimate of drug-likeness (QED) is 0.520. The molecule has 7 heteroatoms. The fourth-order valence-corrected chi connectivity index (χ4v) is 1.90. The van der Waals surface area contributed by atoms with Crippen LogP contribution in [0.1, 0.15) is 5.56 Å². The van der Waals surface area contributed by atoms with Crippen LogP contribution in [0.25, 0.3) is 0 Å². The van der Waals surface area contributed by atoms with E-state index >= 15 is 0 Å². The summed E-state index contributed by atoms with van der Waals surface area (Å²) in [6.07, 6.45) is 1.58. The molecule has 0 saturated carbocycles. The normalized spacial score (nSPS) is 10.1. The number of nitrogens with one attached hydrogen (secondary N) is 1. The zero-order valence-corrected chi connectivity index (χ0v) is 11.4. The first-order chi connectivity index (χ1) is 9.60. The molecular weight excluding hydrogens is 282 g/mol. The van der Waals surface area contributed by atoms with E-state index in [0.717, 1.165) is 5.69 Å². The van der Waals surface area contributed by atoms with Crippen molar-refractivity contribution in [1.29, 1.82) is 0 Å². The van der Waals surface area contributed by atoms with Crippen LogP contribution in [-0.2, 0) is 6.54 Å². The summed E-state index contributed by atoms with van der Waals surface area (Å²) in [6, 6.07) is 7.90. The summed E-state index contributed by atoms with van der Waals surface area (Å²) >= 11 is 5.79. The number of ether oxygens (including phenoxy) is 1. The van der Waals surface area contributed by atoms with Crippen molar-refractivity contribution in [1.82, 2.24) is 4.98 Å². The number of non-ortho nitro benzene ring substituents is 1. The Morgan fingerprint density at radius 2 is 2.20 bits per heavy atom. The van der Waals surface area contributed by atoms with Gasteiger partial charge in [-0.25, -0.2) is 4.98 Å². The molecule has 6 nitrogen and oxygen atoms in total. The highest BCUT2D eigenvalue weighted by Crippen LogP contribution is 2.25. The Balaban J connectivity index is 2.19. The number of nitro groups is 1. The van der Waals surface area contributed by atoms with E-state index in [4.69, 9.17) is 16.3 Å². The van der Waals surface area contributed by atoms with Gasteiger partial charge in [0.15, 0.2) is 0 Å². The molecule has 1 aromatic heterocycles. The maximum absolute atomic E-state index is 10.8. The van der Waals surface area contributed by atoms with Gasteiger partial charge in [-0.15, -0.1) is 0 Å². The van der Waals surface area contributed by atoms with Gasteiger partial charge in [-0.3, -0.25) is 10.1 Å². The van der Waals surface area contributed by atoms with Crippen LogP contribution in [-0.4, -0.2) is 17.0 Å². The van der Waals surface area contributed by atoms with E-state index in [2.05, 4.69) is 10.3 Å². The topological polar surface area (TPSA) is 77.3 Å². The highest BCUT2D eigenvalue weighted by molar-refractivity contribution is 6.29. The predicted octanol–water partition coefficient (Wildman–Crippen LogP) is 3.26. The van der Waals surface area contributed by atoms with E-state index in [0.29, 0.717) is 23.0 Å². The number of pyridine rings is 1. The van der Waals surface area contributed by atoms with Gasteiger partial charge in [0.25, 0.3) is 5.69 Å². The number of nitrogens with zero attached hydrogens (tertiary/aromatic N) is 2. The zero-order chi connectivity index (χ0) is 14.5. The summed E-state index contributed by atoms with van der Waals surface area (Å²) in [5.41, 5.74) is 1.49. The van der Waals surface area contributed by atoms with Gasteiger partial charge in [0.1, 0.15) is 10.9 Å². The highest BCUT2D eigenvalue weighted by atomic mass is 35.5. The second kappa shape index (κ2) is 6.21. The van der Waals surface area contributed by atoms with Gasteiger partial charge in [-0.05, 0) is 18.2 Å². The van der Waals surface area contributed by atoms with Gasteiger partial charge in [-0.1, -0.05) is 11.6 Å². The first-order valence-electron chi connectivity index (χ1n) is 5.77. The molecule has 0 unspecified atom stereocenters. The monoisotopic (exact) mass is 293 g/mol. The minimum Gasteiger partial charge on any atom is -0.496 e. The summed E-state index contributed by atoms with van der Waals surface area (Å²) in [5.74, 6) is 0.586. The van der Waals surface area contributed by atoms with Crippen molar-refractivity contribution in [2.45, 2.75) is 6.54 Å². The van der Waals surface area contributed by atoms with Crippen LogP contribution in [0.4, 0.5) is 11.4 Å². The summed E-state index contributed by atoms with van der Waals surface area (Å²) < 4.78 is 5.19. The van der Waals surface area contributed by atoms with E-state index in [1.54, 1.807) is 24.4 Å². The van der Waals surface area contributed by atoms with Crippen molar-refractivity contribution in [2.24, 2.45) is 0 Å². The maximum atomic E-state index is 10.8. The van der Waals surface area contributed by atoms with Gasteiger partial charge in [0, 0.05) is 36.1 Å². The molecule has 1 heterocycles. The highest BCUT2D eigenvalue weighted by Gasteiger charge is 2.11. The molecule has 0 spiro atoms. The second-order valence-electron chi connectivity index (χ2n) is 3.97. The van der Waals surface area contributed by atoms with Gasteiger partial charge in [0.05, 0.1) is 12.0 Å². The maximum Gasteiger partial charge on any atom is 0.270 e. The number of hydrogen-bond acceptors (Lipinski definition) is 5. The number of methoxy groups -OCH3 is 1. The van der Waals surface area contributed by atoms with E-state index in [1.165, 1.54) is 19.2 Å². The van der Waals surface area contributed by atoms with Crippen molar-refractivity contribution in [3.63, 3.8) is 0 Å². The third-order valence-corrected chi connectivity index (χ3v) is 2.89. The number of rotatable bonds is 5. The lowest BCUT2D eigenvalue weighted by molar-refractivity contribution is -0.384. The molecule has 0 atom stereocenters. The molecule has 0 aliphatic carbocycles. The first kappa shape index (κ1) is 14.1. The summed E-state index contributed by atoms with van der Waals surface area (Å²) in [7, 11) is 1.52. The fourth-order valence-electron chi connectivity index (χ4n) is 1.73. The Morgan fingerprint density at radius 3 is 2.85 bits per heavy atom. The second-order valence-corrected chi connectivity index (χ2v) is 4.36. The number of nitro benzene ring substituents is 1. The van der Waals surface area contributed by atoms with E-state index < -0.39 is 4.92 Å². The third kappa shape index (κ3) is 3.36. The molecule has 20 heavy (non-hydrogen) atoms. The first-order valence-corrected chi connectivity index (χ1v) is 6.14. The van der Waals surface area contributed by atoms with E-state index in [1.807, 2.05) is 0 Å². The Bertz CT molecular complexity index is 634. The van der Waals surface area contributed by atoms with Gasteiger partial charge in [0.2, 0.25) is 0 Å². The Kier molecular flexibility index (Phi) is 4.37. The molecule has 0 bridgehead atoms. The lowest BCUT2D eigenvalue weighted by atomic mass is 10.1. The smallest absolute Gasteiger partial charge is 0.270 e. The number of aromatic nitrogens is 1. The summed E-state index contributed by atoms with van der Waals surface area (Å²) in [5, 5.41) is 14.3. The van der Waals surface area contributed by atoms with Crippen molar-refractivity contribution in [2.75, 3.05) is 12.4 Å². The number of anilines is 1. The van der Waals surface area contributed by atoms with E-state index in [-0.39, 0.29) is 5.69 Å². The van der Waals surface area contributed by atoms with Crippen molar-refractivity contribution in [3.8, 4) is 5.75 Å². The molecule has 0 amide bonds. The fraction of sp³-hybridized carbons (Fsp3) is 0.154. The minimum absolute atomic E-state index is 0.0235. The summed E-state index contributed by atoms with van der Waals surface area (Å²) in [6.45, 7) is 0.380. The van der Waals surface area contributed by atoms with Crippen LogP contribution in [0.5, 0.6) is 5.75 Å². The predicted molar refractivity (Wildman–Crippen MR) is 76.2 cm³/mol. The van der Waals surface area contributed by atoms with Crippen LogP contribution in [0.2, 0.25) is 5.15 Å². The van der Waals surface area contributed by atoms with Crippen molar-refractivity contribution in [3.05, 3.63) is 57.4 Å². The zero-order valence-electron chi connectivity index (χ0n) is 10.7. The molecule has 2 rings (SSSR count). The van der Waals surface area contributed by atoms with Gasteiger partial charge >= 0.3 is 0 Å². The SMILES string of the molecule is COc1ccc([N+](=O)[O-])cc1CNc1ccnc(Cl)c1. The Hall–Kier alpha value is -2.34. The molecule has 0 fully saturated rings. The average Bonchev–Trinajstić information content (AvgIpc) is 2.44. The standard InChI is InChI=1S/C13H12ClN3O3/c1-20-12-3-2-11(17(18)19)6-9(12)8-16-10-4-5-15-13(14)7-10/h2-7H,8H2,1H3,(H,15,16). The number of hydrogen-bond donors (Lipinski definition) is 1. The number of benzene rings is 1. The van der Waals surface area contributed by atoms with Crippen LogP contribution in [0.3, 0.4) is 0 Å². The Labute approximate surface area is 120 Å². The minimum atomic E-state index is -0.438. The lowest BCUT2D eigenvalue weighted by Crippen LogP contribution is -2.03. The molecule has 2 aromatic rings. The van der Waals surface area contributed by atoms with Crippen molar-refractivity contribution >= 4 is 23.0 Å². The van der Waals surface area contributed by atoms with Crippen LogP contribution >= 0.6 is 11.6 Å².